The predicted molar refractivity (Wildman–Crippen MR) is 117 cm³/mol. The Morgan fingerprint density at radius 1 is 1.14 bits per heavy atom. The Morgan fingerprint density at radius 2 is 1.79 bits per heavy atom. The van der Waals surface area contributed by atoms with Gasteiger partial charge in [-0.3, -0.25) is 9.59 Å². The summed E-state index contributed by atoms with van der Waals surface area (Å²) in [4.78, 5) is 27.0. The molecule has 1 aliphatic heterocycles. The molecule has 0 aromatic heterocycles. The van der Waals surface area contributed by atoms with Gasteiger partial charge in [-0.05, 0) is 62.6 Å². The second-order valence-corrected chi connectivity index (χ2v) is 7.86. The van der Waals surface area contributed by atoms with Gasteiger partial charge in [-0.1, -0.05) is 31.0 Å². The van der Waals surface area contributed by atoms with Crippen LogP contribution in [0.1, 0.15) is 42.9 Å². The lowest BCUT2D eigenvalue weighted by Crippen LogP contribution is -2.28. The molecule has 154 valence electrons. The Morgan fingerprint density at radius 3 is 2.41 bits per heavy atom. The predicted octanol–water partition coefficient (Wildman–Crippen LogP) is 4.78. The molecule has 1 aliphatic rings. The first-order chi connectivity index (χ1) is 13.9. The summed E-state index contributed by atoms with van der Waals surface area (Å²) >= 11 is 0. The van der Waals surface area contributed by atoms with Crippen LogP contribution in [0.5, 0.6) is 5.75 Å². The second kappa shape index (κ2) is 9.12. The molecule has 29 heavy (non-hydrogen) atoms. The number of carbonyl (C=O) groups is 2. The van der Waals surface area contributed by atoms with Crippen LogP contribution in [0.25, 0.3) is 0 Å². The monoisotopic (exact) mass is 394 g/mol. The van der Waals surface area contributed by atoms with Gasteiger partial charge in [0.15, 0.2) is 0 Å². The minimum atomic E-state index is -0.358. The molecule has 0 aliphatic carbocycles. The van der Waals surface area contributed by atoms with Crippen molar-refractivity contribution in [3.8, 4) is 5.75 Å². The van der Waals surface area contributed by atoms with Crippen molar-refractivity contribution < 1.29 is 14.3 Å². The number of nitrogens with zero attached hydrogens (tertiary/aromatic N) is 1. The molecular weight excluding hydrogens is 364 g/mol. The fourth-order valence-electron chi connectivity index (χ4n) is 3.79. The van der Waals surface area contributed by atoms with Gasteiger partial charge in [0, 0.05) is 24.3 Å². The first kappa shape index (κ1) is 20.9. The zero-order valence-electron chi connectivity index (χ0n) is 17.7. The van der Waals surface area contributed by atoms with Crippen molar-refractivity contribution in [2.75, 3.05) is 23.4 Å². The molecule has 0 unspecified atom stereocenters. The number of hydrogen-bond acceptors (Lipinski definition) is 3. The summed E-state index contributed by atoms with van der Waals surface area (Å²) < 4.78 is 5.68. The van der Waals surface area contributed by atoms with Gasteiger partial charge >= 0.3 is 0 Å². The normalized spacial score (nSPS) is 16.2. The smallest absolute Gasteiger partial charge is 0.229 e. The zero-order chi connectivity index (χ0) is 21.0. The maximum absolute atomic E-state index is 12.8. The summed E-state index contributed by atoms with van der Waals surface area (Å²) in [6.45, 7) is 9.24. The molecule has 1 atom stereocenters. The summed E-state index contributed by atoms with van der Waals surface area (Å²) in [5.41, 5.74) is 4.89. The van der Waals surface area contributed by atoms with E-state index in [0.29, 0.717) is 13.2 Å². The van der Waals surface area contributed by atoms with Crippen LogP contribution in [-0.2, 0) is 9.59 Å². The molecule has 1 fully saturated rings. The maximum atomic E-state index is 12.8. The van der Waals surface area contributed by atoms with Crippen molar-refractivity contribution in [1.29, 1.82) is 0 Å². The highest BCUT2D eigenvalue weighted by molar-refractivity contribution is 6.04. The van der Waals surface area contributed by atoms with Crippen LogP contribution >= 0.6 is 0 Å². The fourth-order valence-corrected chi connectivity index (χ4v) is 3.79. The molecule has 2 aromatic rings. The lowest BCUT2D eigenvalue weighted by molar-refractivity contribution is -0.122. The van der Waals surface area contributed by atoms with Crippen molar-refractivity contribution in [1.82, 2.24) is 0 Å². The van der Waals surface area contributed by atoms with Gasteiger partial charge in [0.05, 0.1) is 12.5 Å². The van der Waals surface area contributed by atoms with E-state index >= 15 is 0 Å². The lowest BCUT2D eigenvalue weighted by Gasteiger charge is -2.18. The fraction of sp³-hybridized carbons (Fsp3) is 0.417. The van der Waals surface area contributed by atoms with Crippen LogP contribution in [0.15, 0.2) is 36.4 Å². The number of amides is 2. The van der Waals surface area contributed by atoms with Crippen LogP contribution in [0.4, 0.5) is 11.4 Å². The first-order valence-electron chi connectivity index (χ1n) is 10.3. The highest BCUT2D eigenvalue weighted by Gasteiger charge is 2.35. The number of aryl methyl sites for hydroxylation is 3. The molecular formula is C24H30N2O3. The maximum Gasteiger partial charge on any atom is 0.229 e. The van der Waals surface area contributed by atoms with Crippen molar-refractivity contribution in [3.05, 3.63) is 53.1 Å². The summed E-state index contributed by atoms with van der Waals surface area (Å²) in [5.74, 6) is 0.314. The van der Waals surface area contributed by atoms with Crippen molar-refractivity contribution >= 4 is 23.2 Å². The van der Waals surface area contributed by atoms with E-state index in [1.807, 2.05) is 45.0 Å². The molecule has 5 nitrogen and oxygen atoms in total. The van der Waals surface area contributed by atoms with Gasteiger partial charge in [0.2, 0.25) is 11.8 Å². The van der Waals surface area contributed by atoms with E-state index in [4.69, 9.17) is 4.74 Å². The number of carbonyl (C=O) groups excluding carboxylic acids is 2. The number of anilines is 2. The molecule has 0 radical (unpaired) electrons. The van der Waals surface area contributed by atoms with E-state index in [0.717, 1.165) is 41.1 Å². The number of nitrogens with one attached hydrogen (secondary N) is 1. The summed E-state index contributed by atoms with van der Waals surface area (Å²) in [6, 6.07) is 11.6. The Labute approximate surface area is 173 Å². The van der Waals surface area contributed by atoms with Gasteiger partial charge in [-0.2, -0.15) is 0 Å². The number of hydrogen-bond donors (Lipinski definition) is 1. The minimum absolute atomic E-state index is 0.0258. The average molecular weight is 395 g/mol. The molecule has 1 N–H and O–H groups in total. The highest BCUT2D eigenvalue weighted by atomic mass is 16.5. The average Bonchev–Trinajstić information content (AvgIpc) is 3.07. The lowest BCUT2D eigenvalue weighted by atomic mass is 10.0. The number of unbranched alkanes of at least 4 members (excludes halogenated alkanes) is 1. The Bertz CT molecular complexity index is 866. The largest absolute Gasteiger partial charge is 0.494 e. The Kier molecular flexibility index (Phi) is 6.57. The summed E-state index contributed by atoms with van der Waals surface area (Å²) in [7, 11) is 0. The minimum Gasteiger partial charge on any atom is -0.494 e. The van der Waals surface area contributed by atoms with Gasteiger partial charge in [0.25, 0.3) is 0 Å². The van der Waals surface area contributed by atoms with Crippen LogP contribution in [0, 0.1) is 26.7 Å². The van der Waals surface area contributed by atoms with E-state index in [1.54, 1.807) is 4.90 Å². The third-order valence-electron chi connectivity index (χ3n) is 5.34. The van der Waals surface area contributed by atoms with Gasteiger partial charge in [-0.25, -0.2) is 0 Å². The van der Waals surface area contributed by atoms with Gasteiger partial charge in [0.1, 0.15) is 5.75 Å². The number of ether oxygens (including phenoxy) is 1. The topological polar surface area (TPSA) is 58.6 Å². The van der Waals surface area contributed by atoms with E-state index in [9.17, 15) is 9.59 Å². The van der Waals surface area contributed by atoms with E-state index in [-0.39, 0.29) is 24.2 Å². The van der Waals surface area contributed by atoms with Gasteiger partial charge in [-0.15, -0.1) is 0 Å². The number of benzene rings is 2. The molecule has 2 aromatic carbocycles. The second-order valence-electron chi connectivity index (χ2n) is 7.86. The first-order valence-corrected chi connectivity index (χ1v) is 10.3. The molecule has 0 bridgehead atoms. The Hall–Kier alpha value is -2.82. The van der Waals surface area contributed by atoms with Crippen molar-refractivity contribution in [2.45, 2.75) is 47.0 Å². The van der Waals surface area contributed by atoms with E-state index < -0.39 is 0 Å². The van der Waals surface area contributed by atoms with Crippen molar-refractivity contribution in [2.24, 2.45) is 5.92 Å². The molecule has 2 amide bonds. The van der Waals surface area contributed by atoms with Gasteiger partial charge < -0.3 is 15.0 Å². The third-order valence-corrected chi connectivity index (χ3v) is 5.34. The van der Waals surface area contributed by atoms with Crippen LogP contribution < -0.4 is 15.0 Å². The summed E-state index contributed by atoms with van der Waals surface area (Å²) in [6.07, 6.45) is 2.33. The molecule has 5 heteroatoms. The highest BCUT2D eigenvalue weighted by Crippen LogP contribution is 2.29. The van der Waals surface area contributed by atoms with Crippen LogP contribution in [-0.4, -0.2) is 25.0 Å². The zero-order valence-corrected chi connectivity index (χ0v) is 17.7. The van der Waals surface area contributed by atoms with Crippen molar-refractivity contribution in [3.63, 3.8) is 0 Å². The molecule has 1 heterocycles. The summed E-state index contributed by atoms with van der Waals surface area (Å²) in [5, 5.41) is 3.04. The SMILES string of the molecule is CCCCOc1ccc(N2C[C@H](C(=O)Nc3c(C)cc(C)cc3C)CC2=O)cc1. The van der Waals surface area contributed by atoms with E-state index in [2.05, 4.69) is 24.4 Å². The van der Waals surface area contributed by atoms with E-state index in [1.165, 1.54) is 5.56 Å². The quantitative estimate of drug-likeness (QED) is 0.688. The molecule has 0 saturated carbocycles. The molecule has 1 saturated heterocycles. The number of rotatable bonds is 7. The molecule has 3 rings (SSSR count). The molecule has 0 spiro atoms. The third kappa shape index (κ3) is 4.97. The van der Waals surface area contributed by atoms with Crippen LogP contribution in [0.2, 0.25) is 0 Å². The standard InChI is InChI=1S/C24H30N2O3/c1-5-6-11-29-21-9-7-20(8-10-21)26-15-19(14-22(26)27)24(28)25-23-17(3)12-16(2)13-18(23)4/h7-10,12-13,19H,5-6,11,14-15H2,1-4H3,(H,25,28)/t19-/m1/s1. The Balaban J connectivity index is 1.65. The van der Waals surface area contributed by atoms with Crippen LogP contribution in [0.3, 0.4) is 0 Å².